The molecule has 1 heterocycles. The SMILES string of the molecule is CN(CCC(=O)O)C(=O)C1CNC(=O)CN1. The zero-order valence-electron chi connectivity index (χ0n) is 9.02. The number of carbonyl (C=O) groups excluding carboxylic acids is 2. The number of hydrogen-bond acceptors (Lipinski definition) is 4. The van der Waals surface area contributed by atoms with Gasteiger partial charge < -0.3 is 15.3 Å². The van der Waals surface area contributed by atoms with Crippen LogP contribution in [0.3, 0.4) is 0 Å². The van der Waals surface area contributed by atoms with Crippen LogP contribution in [-0.4, -0.2) is 60.5 Å². The van der Waals surface area contributed by atoms with Crippen molar-refractivity contribution < 1.29 is 19.5 Å². The van der Waals surface area contributed by atoms with Crippen LogP contribution in [-0.2, 0) is 14.4 Å². The van der Waals surface area contributed by atoms with Crippen LogP contribution in [0.4, 0.5) is 0 Å². The molecule has 1 saturated heterocycles. The fraction of sp³-hybridized carbons (Fsp3) is 0.667. The van der Waals surface area contributed by atoms with E-state index >= 15 is 0 Å². The summed E-state index contributed by atoms with van der Waals surface area (Å²) in [5, 5.41) is 13.8. The monoisotopic (exact) mass is 229 g/mol. The molecule has 0 aromatic rings. The standard InChI is InChI=1S/C9H15N3O4/c1-12(3-2-8(14)15)9(16)6-4-11-7(13)5-10-6/h6,10H,2-5H2,1H3,(H,11,13)(H,14,15). The number of carboxylic acids is 1. The van der Waals surface area contributed by atoms with Crippen LogP contribution in [0.5, 0.6) is 0 Å². The number of aliphatic carboxylic acids is 1. The zero-order valence-corrected chi connectivity index (χ0v) is 9.02. The van der Waals surface area contributed by atoms with Crippen molar-refractivity contribution in [2.45, 2.75) is 12.5 Å². The first-order chi connectivity index (χ1) is 7.50. The minimum atomic E-state index is -0.940. The first kappa shape index (κ1) is 12.4. The number of carboxylic acid groups (broad SMARTS) is 1. The van der Waals surface area contributed by atoms with Gasteiger partial charge in [-0.1, -0.05) is 0 Å². The van der Waals surface area contributed by atoms with Gasteiger partial charge in [0, 0.05) is 20.1 Å². The molecule has 7 heteroatoms. The Bertz CT molecular complexity index is 295. The molecule has 16 heavy (non-hydrogen) atoms. The molecule has 0 radical (unpaired) electrons. The van der Waals surface area contributed by atoms with Gasteiger partial charge in [0.05, 0.1) is 13.0 Å². The van der Waals surface area contributed by atoms with Crippen LogP contribution in [0.15, 0.2) is 0 Å². The van der Waals surface area contributed by atoms with E-state index in [0.29, 0.717) is 0 Å². The highest BCUT2D eigenvalue weighted by Crippen LogP contribution is 1.96. The first-order valence-electron chi connectivity index (χ1n) is 4.97. The van der Waals surface area contributed by atoms with Gasteiger partial charge in [0.1, 0.15) is 6.04 Å². The molecular weight excluding hydrogens is 214 g/mol. The fourth-order valence-electron chi connectivity index (χ4n) is 1.38. The fourth-order valence-corrected chi connectivity index (χ4v) is 1.38. The Morgan fingerprint density at radius 2 is 2.25 bits per heavy atom. The molecule has 1 atom stereocenters. The third kappa shape index (κ3) is 3.50. The molecule has 0 saturated carbocycles. The summed E-state index contributed by atoms with van der Waals surface area (Å²) >= 11 is 0. The Kier molecular flexibility index (Phi) is 4.24. The normalized spacial score (nSPS) is 20.1. The summed E-state index contributed by atoms with van der Waals surface area (Å²) in [5.74, 6) is -1.29. The number of rotatable bonds is 4. The molecule has 1 aliphatic heterocycles. The van der Waals surface area contributed by atoms with Crippen molar-refractivity contribution in [2.24, 2.45) is 0 Å². The maximum Gasteiger partial charge on any atom is 0.305 e. The van der Waals surface area contributed by atoms with Crippen molar-refractivity contribution in [3.63, 3.8) is 0 Å². The number of hydrogen-bond donors (Lipinski definition) is 3. The quantitative estimate of drug-likeness (QED) is 0.518. The Balaban J connectivity index is 2.38. The van der Waals surface area contributed by atoms with E-state index in [1.165, 1.54) is 4.90 Å². The van der Waals surface area contributed by atoms with Crippen LogP contribution >= 0.6 is 0 Å². The molecule has 90 valence electrons. The molecule has 0 spiro atoms. The van der Waals surface area contributed by atoms with Crippen LogP contribution in [0.25, 0.3) is 0 Å². The lowest BCUT2D eigenvalue weighted by molar-refractivity contribution is -0.138. The Morgan fingerprint density at radius 1 is 1.56 bits per heavy atom. The summed E-state index contributed by atoms with van der Waals surface area (Å²) in [6.07, 6.45) is -0.0820. The smallest absolute Gasteiger partial charge is 0.305 e. The van der Waals surface area contributed by atoms with Crippen LogP contribution in [0.1, 0.15) is 6.42 Å². The Labute approximate surface area is 92.8 Å². The molecule has 7 nitrogen and oxygen atoms in total. The number of piperazine rings is 1. The highest BCUT2D eigenvalue weighted by Gasteiger charge is 2.26. The van der Waals surface area contributed by atoms with Gasteiger partial charge in [-0.15, -0.1) is 0 Å². The number of nitrogens with zero attached hydrogens (tertiary/aromatic N) is 1. The van der Waals surface area contributed by atoms with E-state index in [2.05, 4.69) is 10.6 Å². The summed E-state index contributed by atoms with van der Waals surface area (Å²) in [7, 11) is 1.55. The summed E-state index contributed by atoms with van der Waals surface area (Å²) in [5.41, 5.74) is 0. The summed E-state index contributed by atoms with van der Waals surface area (Å²) in [4.78, 5) is 34.3. The molecule has 2 amide bonds. The number of amides is 2. The molecule has 1 aliphatic rings. The largest absolute Gasteiger partial charge is 0.481 e. The topological polar surface area (TPSA) is 98.7 Å². The second-order valence-corrected chi connectivity index (χ2v) is 3.64. The van der Waals surface area contributed by atoms with E-state index in [9.17, 15) is 14.4 Å². The molecular formula is C9H15N3O4. The van der Waals surface area contributed by atoms with Crippen molar-refractivity contribution in [3.8, 4) is 0 Å². The second-order valence-electron chi connectivity index (χ2n) is 3.64. The third-order valence-corrected chi connectivity index (χ3v) is 2.35. The summed E-state index contributed by atoms with van der Waals surface area (Å²) in [6.45, 7) is 0.526. The Hall–Kier alpha value is -1.63. The molecule has 0 bridgehead atoms. The van der Waals surface area contributed by atoms with E-state index in [1.807, 2.05) is 0 Å². The minimum absolute atomic E-state index is 0.0820. The van der Waals surface area contributed by atoms with E-state index < -0.39 is 12.0 Å². The van der Waals surface area contributed by atoms with Gasteiger partial charge in [0.15, 0.2) is 0 Å². The van der Waals surface area contributed by atoms with Gasteiger partial charge in [-0.25, -0.2) is 0 Å². The van der Waals surface area contributed by atoms with Crippen molar-refractivity contribution in [1.82, 2.24) is 15.5 Å². The van der Waals surface area contributed by atoms with Gasteiger partial charge in [-0.05, 0) is 0 Å². The molecule has 1 unspecified atom stereocenters. The lowest BCUT2D eigenvalue weighted by Gasteiger charge is -2.27. The van der Waals surface area contributed by atoms with Gasteiger partial charge in [0.25, 0.3) is 0 Å². The highest BCUT2D eigenvalue weighted by molar-refractivity contribution is 5.86. The molecule has 1 rings (SSSR count). The number of carbonyl (C=O) groups is 3. The second kappa shape index (κ2) is 5.45. The van der Waals surface area contributed by atoms with E-state index in [1.54, 1.807) is 7.05 Å². The third-order valence-electron chi connectivity index (χ3n) is 2.35. The van der Waals surface area contributed by atoms with Crippen LogP contribution in [0, 0.1) is 0 Å². The van der Waals surface area contributed by atoms with Gasteiger partial charge in [-0.2, -0.15) is 0 Å². The average Bonchev–Trinajstić information content (AvgIpc) is 2.26. The molecule has 0 aromatic heterocycles. The Morgan fingerprint density at radius 3 is 2.75 bits per heavy atom. The van der Waals surface area contributed by atoms with Gasteiger partial charge in [0.2, 0.25) is 11.8 Å². The van der Waals surface area contributed by atoms with Crippen molar-refractivity contribution >= 4 is 17.8 Å². The predicted molar refractivity (Wildman–Crippen MR) is 54.7 cm³/mol. The van der Waals surface area contributed by atoms with Crippen LogP contribution in [0.2, 0.25) is 0 Å². The summed E-state index contributed by atoms with van der Waals surface area (Å²) in [6, 6.07) is -0.462. The molecule has 0 aliphatic carbocycles. The zero-order chi connectivity index (χ0) is 12.1. The maximum absolute atomic E-state index is 11.7. The van der Waals surface area contributed by atoms with E-state index in [-0.39, 0.29) is 37.9 Å². The van der Waals surface area contributed by atoms with Crippen molar-refractivity contribution in [3.05, 3.63) is 0 Å². The van der Waals surface area contributed by atoms with Crippen molar-refractivity contribution in [1.29, 1.82) is 0 Å². The van der Waals surface area contributed by atoms with E-state index in [4.69, 9.17) is 5.11 Å². The van der Waals surface area contributed by atoms with Gasteiger partial charge >= 0.3 is 5.97 Å². The lowest BCUT2D eigenvalue weighted by atomic mass is 10.2. The highest BCUT2D eigenvalue weighted by atomic mass is 16.4. The van der Waals surface area contributed by atoms with E-state index in [0.717, 1.165) is 0 Å². The average molecular weight is 229 g/mol. The van der Waals surface area contributed by atoms with Crippen LogP contribution < -0.4 is 10.6 Å². The first-order valence-corrected chi connectivity index (χ1v) is 4.97. The molecule has 3 N–H and O–H groups in total. The summed E-state index contributed by atoms with van der Waals surface area (Å²) < 4.78 is 0. The lowest BCUT2D eigenvalue weighted by Crippen LogP contribution is -2.58. The minimum Gasteiger partial charge on any atom is -0.481 e. The van der Waals surface area contributed by atoms with Gasteiger partial charge in [-0.3, -0.25) is 19.7 Å². The van der Waals surface area contributed by atoms with Crippen molar-refractivity contribution in [2.75, 3.05) is 26.7 Å². The number of nitrogens with one attached hydrogen (secondary N) is 2. The maximum atomic E-state index is 11.7. The predicted octanol–water partition coefficient (Wildman–Crippen LogP) is -1.99. The number of likely N-dealkylation sites (N-methyl/N-ethyl adjacent to an activating group) is 1. The molecule has 0 aromatic carbocycles. The molecule has 1 fully saturated rings.